The summed E-state index contributed by atoms with van der Waals surface area (Å²) in [6, 6.07) is 1.24. The molecule has 1 aromatic carbocycles. The van der Waals surface area contributed by atoms with Gasteiger partial charge in [0.15, 0.2) is 12.1 Å². The van der Waals surface area contributed by atoms with Gasteiger partial charge in [0.2, 0.25) is 0 Å². The normalized spacial score (nSPS) is 11.3. The van der Waals surface area contributed by atoms with E-state index in [1.165, 1.54) is 0 Å². The standard InChI is InChI=1S/C10H6ClF3O2/c1-5(16)9-6(4-15)2-7(3-8(9)11)10(12,13)14/h2-4H,1H3. The predicted molar refractivity (Wildman–Crippen MR) is 51.8 cm³/mol. The Bertz CT molecular complexity index is 452. The first-order valence-corrected chi connectivity index (χ1v) is 4.52. The van der Waals surface area contributed by atoms with E-state index in [0.29, 0.717) is 12.1 Å². The van der Waals surface area contributed by atoms with Crippen LogP contribution < -0.4 is 0 Å². The van der Waals surface area contributed by atoms with Crippen LogP contribution in [0.3, 0.4) is 0 Å². The summed E-state index contributed by atoms with van der Waals surface area (Å²) in [7, 11) is 0. The van der Waals surface area contributed by atoms with E-state index in [-0.39, 0.29) is 22.4 Å². The topological polar surface area (TPSA) is 34.1 Å². The molecule has 0 spiro atoms. The lowest BCUT2D eigenvalue weighted by Crippen LogP contribution is -2.09. The molecule has 1 rings (SSSR count). The molecule has 6 heteroatoms. The molecule has 86 valence electrons. The molecule has 0 aliphatic carbocycles. The first-order chi connectivity index (χ1) is 7.27. The lowest BCUT2D eigenvalue weighted by molar-refractivity contribution is -0.137. The van der Waals surface area contributed by atoms with Crippen molar-refractivity contribution in [3.05, 3.63) is 33.8 Å². The van der Waals surface area contributed by atoms with Gasteiger partial charge < -0.3 is 0 Å². The lowest BCUT2D eigenvalue weighted by atomic mass is 10.0. The smallest absolute Gasteiger partial charge is 0.298 e. The molecule has 0 aliphatic heterocycles. The van der Waals surface area contributed by atoms with Crippen molar-refractivity contribution in [2.45, 2.75) is 13.1 Å². The molecule has 0 unspecified atom stereocenters. The summed E-state index contributed by atoms with van der Waals surface area (Å²) in [6.07, 6.45) is -4.42. The first kappa shape index (κ1) is 12.7. The molecule has 0 fully saturated rings. The van der Waals surface area contributed by atoms with Crippen molar-refractivity contribution in [3.63, 3.8) is 0 Å². The van der Waals surface area contributed by atoms with Gasteiger partial charge in [-0.3, -0.25) is 9.59 Å². The van der Waals surface area contributed by atoms with Gasteiger partial charge in [-0.1, -0.05) is 11.6 Å². The van der Waals surface area contributed by atoms with Crippen molar-refractivity contribution >= 4 is 23.7 Å². The van der Waals surface area contributed by atoms with E-state index < -0.39 is 17.5 Å². The van der Waals surface area contributed by atoms with Crippen molar-refractivity contribution in [3.8, 4) is 0 Å². The summed E-state index contributed by atoms with van der Waals surface area (Å²) in [4.78, 5) is 21.7. The SMILES string of the molecule is CC(=O)c1c(Cl)cc(C(F)(F)F)cc1C=O. The zero-order valence-corrected chi connectivity index (χ0v) is 8.82. The Hall–Kier alpha value is -1.36. The molecule has 0 atom stereocenters. The largest absolute Gasteiger partial charge is 0.416 e. The number of benzene rings is 1. The summed E-state index contributed by atoms with van der Waals surface area (Å²) < 4.78 is 37.1. The number of carbonyl (C=O) groups excluding carboxylic acids is 2. The summed E-state index contributed by atoms with van der Waals surface area (Å²) >= 11 is 5.53. The number of Topliss-reactive ketones (excluding diaryl/α,β-unsaturated/α-hetero) is 1. The molecule has 0 saturated carbocycles. The van der Waals surface area contributed by atoms with Crippen LogP contribution in [0.5, 0.6) is 0 Å². The van der Waals surface area contributed by atoms with Crippen molar-refractivity contribution in [1.29, 1.82) is 0 Å². The minimum Gasteiger partial charge on any atom is -0.298 e. The highest BCUT2D eigenvalue weighted by Crippen LogP contribution is 2.33. The number of halogens is 4. The highest BCUT2D eigenvalue weighted by molar-refractivity contribution is 6.34. The van der Waals surface area contributed by atoms with Crippen molar-refractivity contribution in [1.82, 2.24) is 0 Å². The fraction of sp³-hybridized carbons (Fsp3) is 0.200. The molecule has 0 amide bonds. The van der Waals surface area contributed by atoms with E-state index in [0.717, 1.165) is 6.92 Å². The maximum atomic E-state index is 12.4. The van der Waals surface area contributed by atoms with Crippen LogP contribution in [0.4, 0.5) is 13.2 Å². The second kappa shape index (κ2) is 4.25. The number of hydrogen-bond acceptors (Lipinski definition) is 2. The second-order valence-electron chi connectivity index (χ2n) is 3.09. The Balaban J connectivity index is 3.50. The molecule has 1 aromatic rings. The number of ketones is 1. The summed E-state index contributed by atoms with van der Waals surface area (Å²) in [5.41, 5.74) is -1.60. The van der Waals surface area contributed by atoms with E-state index in [9.17, 15) is 22.8 Å². The number of carbonyl (C=O) groups is 2. The van der Waals surface area contributed by atoms with Gasteiger partial charge in [-0.2, -0.15) is 13.2 Å². The summed E-state index contributed by atoms with van der Waals surface area (Å²) in [5.74, 6) is -0.555. The molecule has 0 aliphatic rings. The first-order valence-electron chi connectivity index (χ1n) is 4.14. The molecule has 0 bridgehead atoms. The third-order valence-electron chi connectivity index (χ3n) is 1.93. The van der Waals surface area contributed by atoms with Crippen molar-refractivity contribution in [2.75, 3.05) is 0 Å². The Labute approximate surface area is 94.0 Å². The molecule has 2 nitrogen and oxygen atoms in total. The average Bonchev–Trinajstić information content (AvgIpc) is 2.14. The van der Waals surface area contributed by atoms with Gasteiger partial charge in [0.1, 0.15) is 0 Å². The van der Waals surface area contributed by atoms with Gasteiger partial charge in [0.25, 0.3) is 0 Å². The fourth-order valence-electron chi connectivity index (χ4n) is 1.26. The van der Waals surface area contributed by atoms with E-state index in [2.05, 4.69) is 0 Å². The maximum Gasteiger partial charge on any atom is 0.416 e. The van der Waals surface area contributed by atoms with Gasteiger partial charge in [0.05, 0.1) is 10.6 Å². The van der Waals surface area contributed by atoms with E-state index >= 15 is 0 Å². The number of alkyl halides is 3. The third kappa shape index (κ3) is 2.41. The third-order valence-corrected chi connectivity index (χ3v) is 2.23. The van der Waals surface area contributed by atoms with Gasteiger partial charge in [0, 0.05) is 11.1 Å². The number of rotatable bonds is 2. The Morgan fingerprint density at radius 1 is 1.38 bits per heavy atom. The van der Waals surface area contributed by atoms with Gasteiger partial charge >= 0.3 is 6.18 Å². The molecular weight excluding hydrogens is 245 g/mol. The molecule has 0 heterocycles. The Kier molecular flexibility index (Phi) is 3.38. The molecule has 0 N–H and O–H groups in total. The minimum absolute atomic E-state index is 0.178. The predicted octanol–water partition coefficient (Wildman–Crippen LogP) is 3.37. The van der Waals surface area contributed by atoms with Crippen LogP contribution in [0.25, 0.3) is 0 Å². The van der Waals surface area contributed by atoms with Crippen LogP contribution in [-0.4, -0.2) is 12.1 Å². The summed E-state index contributed by atoms with van der Waals surface area (Å²) in [6.45, 7) is 1.13. The van der Waals surface area contributed by atoms with Crippen LogP contribution in [0.1, 0.15) is 33.2 Å². The molecule has 0 radical (unpaired) electrons. The zero-order valence-electron chi connectivity index (χ0n) is 8.06. The van der Waals surface area contributed by atoms with E-state index in [1.807, 2.05) is 0 Å². The quantitative estimate of drug-likeness (QED) is 0.596. The number of hydrogen-bond donors (Lipinski definition) is 0. The molecule has 0 saturated heterocycles. The fourth-order valence-corrected chi connectivity index (χ4v) is 1.62. The molecular formula is C10H6ClF3O2. The van der Waals surface area contributed by atoms with Crippen LogP contribution in [0, 0.1) is 0 Å². The highest BCUT2D eigenvalue weighted by atomic mass is 35.5. The lowest BCUT2D eigenvalue weighted by Gasteiger charge is -2.10. The Morgan fingerprint density at radius 3 is 2.31 bits per heavy atom. The van der Waals surface area contributed by atoms with Gasteiger partial charge in [-0.05, 0) is 19.1 Å². The van der Waals surface area contributed by atoms with E-state index in [4.69, 9.17) is 11.6 Å². The number of aldehydes is 1. The monoisotopic (exact) mass is 250 g/mol. The van der Waals surface area contributed by atoms with Gasteiger partial charge in [-0.15, -0.1) is 0 Å². The van der Waals surface area contributed by atoms with Crippen molar-refractivity contribution < 1.29 is 22.8 Å². The highest BCUT2D eigenvalue weighted by Gasteiger charge is 2.32. The van der Waals surface area contributed by atoms with E-state index in [1.54, 1.807) is 0 Å². The zero-order chi connectivity index (χ0) is 12.5. The van der Waals surface area contributed by atoms with Crippen LogP contribution >= 0.6 is 11.6 Å². The molecule has 16 heavy (non-hydrogen) atoms. The van der Waals surface area contributed by atoms with Crippen LogP contribution in [-0.2, 0) is 6.18 Å². The average molecular weight is 251 g/mol. The molecule has 0 aromatic heterocycles. The van der Waals surface area contributed by atoms with Gasteiger partial charge in [-0.25, -0.2) is 0 Å². The summed E-state index contributed by atoms with van der Waals surface area (Å²) in [5, 5.41) is -0.371. The Morgan fingerprint density at radius 2 is 1.94 bits per heavy atom. The van der Waals surface area contributed by atoms with Crippen LogP contribution in [0.15, 0.2) is 12.1 Å². The van der Waals surface area contributed by atoms with Crippen LogP contribution in [0.2, 0.25) is 5.02 Å². The van der Waals surface area contributed by atoms with Crippen molar-refractivity contribution in [2.24, 2.45) is 0 Å². The minimum atomic E-state index is -4.60. The second-order valence-corrected chi connectivity index (χ2v) is 3.50. The maximum absolute atomic E-state index is 12.4.